The number of rotatable bonds is 0. The van der Waals surface area contributed by atoms with E-state index in [9.17, 15) is 0 Å². The van der Waals surface area contributed by atoms with E-state index in [1.807, 2.05) is 6.21 Å². The largest absolute Gasteiger partial charge is 0.260 e. The third kappa shape index (κ3) is 1.25. The molecule has 0 aromatic heterocycles. The molecule has 1 aliphatic rings. The van der Waals surface area contributed by atoms with E-state index >= 15 is 0 Å². The van der Waals surface area contributed by atoms with Gasteiger partial charge in [0.15, 0.2) is 0 Å². The summed E-state index contributed by atoms with van der Waals surface area (Å²) in [5.74, 6) is 0. The summed E-state index contributed by atoms with van der Waals surface area (Å²) in [6, 6.07) is 17.3. The highest BCUT2D eigenvalue weighted by Gasteiger charge is 2.14. The van der Waals surface area contributed by atoms with E-state index in [-0.39, 0.29) is 0 Å². The maximum Gasteiger partial charge on any atom is 0.0742 e. The van der Waals surface area contributed by atoms with Gasteiger partial charge in [0, 0.05) is 11.6 Å². The summed E-state index contributed by atoms with van der Waals surface area (Å²) >= 11 is 0. The first-order valence-corrected chi connectivity index (χ1v) is 6.40. The molecule has 0 spiro atoms. The Morgan fingerprint density at radius 1 is 0.722 bits per heavy atom. The highest BCUT2D eigenvalue weighted by atomic mass is 14.7. The van der Waals surface area contributed by atoms with Crippen LogP contribution >= 0.6 is 0 Å². The Balaban J connectivity index is 2.33. The summed E-state index contributed by atoms with van der Waals surface area (Å²) in [6.45, 7) is 0. The fraction of sp³-hybridized carbons (Fsp3) is 0.118. The van der Waals surface area contributed by atoms with Gasteiger partial charge < -0.3 is 0 Å². The molecule has 0 saturated heterocycles. The van der Waals surface area contributed by atoms with Gasteiger partial charge in [-0.05, 0) is 34.6 Å². The maximum atomic E-state index is 4.65. The van der Waals surface area contributed by atoms with E-state index in [0.29, 0.717) is 0 Å². The molecule has 0 N–H and O–H groups in total. The van der Waals surface area contributed by atoms with E-state index in [4.69, 9.17) is 0 Å². The maximum absolute atomic E-state index is 4.65. The molecule has 1 nitrogen and oxygen atoms in total. The third-order valence-corrected chi connectivity index (χ3v) is 3.75. The Bertz CT molecular complexity index is 784. The van der Waals surface area contributed by atoms with E-state index in [1.165, 1.54) is 32.8 Å². The molecule has 1 heteroatoms. The molecule has 0 aliphatic carbocycles. The number of nitrogens with zero attached hydrogens (tertiary/aromatic N) is 1. The summed E-state index contributed by atoms with van der Waals surface area (Å²) in [6.07, 6.45) is 4.20. The van der Waals surface area contributed by atoms with Crippen LogP contribution in [0.5, 0.6) is 0 Å². The van der Waals surface area contributed by atoms with Crippen molar-refractivity contribution in [2.45, 2.75) is 12.8 Å². The summed E-state index contributed by atoms with van der Waals surface area (Å²) in [5.41, 5.74) is 2.59. The Hall–Kier alpha value is -2.15. The fourth-order valence-corrected chi connectivity index (χ4v) is 2.96. The van der Waals surface area contributed by atoms with Crippen LogP contribution in [0.1, 0.15) is 12.0 Å². The van der Waals surface area contributed by atoms with Gasteiger partial charge in [0.1, 0.15) is 0 Å². The first-order chi connectivity index (χ1) is 8.95. The van der Waals surface area contributed by atoms with Crippen LogP contribution in [0.4, 0.5) is 5.69 Å². The topological polar surface area (TPSA) is 12.4 Å². The molecule has 1 heterocycles. The quantitative estimate of drug-likeness (QED) is 0.500. The lowest BCUT2D eigenvalue weighted by Crippen LogP contribution is -1.96. The number of fused-ring (bicyclic) bond motifs is 6. The van der Waals surface area contributed by atoms with E-state index < -0.39 is 0 Å². The molecule has 86 valence electrons. The van der Waals surface area contributed by atoms with Gasteiger partial charge in [0.2, 0.25) is 0 Å². The van der Waals surface area contributed by atoms with Crippen molar-refractivity contribution in [2.75, 3.05) is 0 Å². The molecule has 0 atom stereocenters. The zero-order chi connectivity index (χ0) is 11.9. The van der Waals surface area contributed by atoms with E-state index in [0.717, 1.165) is 12.8 Å². The van der Waals surface area contributed by atoms with E-state index in [2.05, 4.69) is 53.5 Å². The molecule has 0 saturated carbocycles. The lowest BCUT2D eigenvalue weighted by Gasteiger charge is -2.16. The van der Waals surface area contributed by atoms with Crippen molar-refractivity contribution in [3.8, 4) is 0 Å². The van der Waals surface area contributed by atoms with Crippen LogP contribution in [-0.2, 0) is 6.42 Å². The minimum absolute atomic E-state index is 1.05. The summed E-state index contributed by atoms with van der Waals surface area (Å²) in [7, 11) is 0. The second-order valence-electron chi connectivity index (χ2n) is 4.77. The Kier molecular flexibility index (Phi) is 2.01. The fourth-order valence-electron chi connectivity index (χ4n) is 2.96. The molecule has 18 heavy (non-hydrogen) atoms. The predicted molar refractivity (Wildman–Crippen MR) is 77.9 cm³/mol. The van der Waals surface area contributed by atoms with Crippen LogP contribution in [0.15, 0.2) is 53.5 Å². The lowest BCUT2D eigenvalue weighted by atomic mass is 9.92. The van der Waals surface area contributed by atoms with Gasteiger partial charge in [0.25, 0.3) is 0 Å². The molecular formula is C17H13N. The minimum atomic E-state index is 1.05. The summed E-state index contributed by atoms with van der Waals surface area (Å²) < 4.78 is 0. The first-order valence-electron chi connectivity index (χ1n) is 6.40. The van der Waals surface area contributed by atoms with Gasteiger partial charge in [-0.25, -0.2) is 0 Å². The van der Waals surface area contributed by atoms with Gasteiger partial charge in [-0.1, -0.05) is 48.5 Å². The first kappa shape index (κ1) is 9.84. The molecule has 4 rings (SSSR count). The zero-order valence-electron chi connectivity index (χ0n) is 10.1. The number of aliphatic imine (C=N–C) groups is 1. The molecule has 1 aliphatic heterocycles. The number of aryl methyl sites for hydroxylation is 1. The van der Waals surface area contributed by atoms with Crippen LogP contribution in [0.2, 0.25) is 0 Å². The van der Waals surface area contributed by atoms with Gasteiger partial charge in [-0.15, -0.1) is 0 Å². The Morgan fingerprint density at radius 3 is 2.11 bits per heavy atom. The van der Waals surface area contributed by atoms with Crippen molar-refractivity contribution >= 4 is 33.4 Å². The molecule has 0 unspecified atom stereocenters. The average Bonchev–Trinajstić information content (AvgIpc) is 2.48. The Labute approximate surface area is 106 Å². The predicted octanol–water partition coefficient (Wildman–Crippen LogP) is 4.64. The van der Waals surface area contributed by atoms with Crippen molar-refractivity contribution in [1.29, 1.82) is 0 Å². The second-order valence-corrected chi connectivity index (χ2v) is 4.77. The SMILES string of the molecule is C1=Nc2c(c3ccccc3c3ccccc23)CC1. The van der Waals surface area contributed by atoms with Gasteiger partial charge >= 0.3 is 0 Å². The molecular weight excluding hydrogens is 218 g/mol. The highest BCUT2D eigenvalue weighted by molar-refractivity contribution is 6.15. The smallest absolute Gasteiger partial charge is 0.0742 e. The monoisotopic (exact) mass is 231 g/mol. The lowest BCUT2D eigenvalue weighted by molar-refractivity contribution is 1.05. The molecule has 0 bridgehead atoms. The minimum Gasteiger partial charge on any atom is -0.260 e. The normalized spacial score (nSPS) is 14.0. The van der Waals surface area contributed by atoms with Gasteiger partial charge in [-0.3, -0.25) is 4.99 Å². The van der Waals surface area contributed by atoms with Crippen molar-refractivity contribution in [1.82, 2.24) is 0 Å². The van der Waals surface area contributed by atoms with Crippen molar-refractivity contribution in [3.05, 3.63) is 54.1 Å². The number of benzene rings is 3. The molecule has 0 radical (unpaired) electrons. The highest BCUT2D eigenvalue weighted by Crippen LogP contribution is 2.39. The van der Waals surface area contributed by atoms with Crippen molar-refractivity contribution in [2.24, 2.45) is 4.99 Å². The van der Waals surface area contributed by atoms with E-state index in [1.54, 1.807) is 0 Å². The third-order valence-electron chi connectivity index (χ3n) is 3.75. The van der Waals surface area contributed by atoms with Crippen LogP contribution in [-0.4, -0.2) is 6.21 Å². The van der Waals surface area contributed by atoms with Crippen LogP contribution in [0.3, 0.4) is 0 Å². The molecule has 0 amide bonds. The van der Waals surface area contributed by atoms with Crippen molar-refractivity contribution in [3.63, 3.8) is 0 Å². The summed E-state index contributed by atoms with van der Waals surface area (Å²) in [4.78, 5) is 4.65. The van der Waals surface area contributed by atoms with Crippen LogP contribution in [0, 0.1) is 0 Å². The molecule has 0 fully saturated rings. The Morgan fingerprint density at radius 2 is 1.33 bits per heavy atom. The standard InChI is InChI=1S/C17H13N/c1-2-7-14-12(6-1)13-8-3-4-9-15(13)17-16(14)10-5-11-18-17/h1-4,6-9,11H,5,10H2. The molecule has 3 aromatic carbocycles. The average molecular weight is 231 g/mol. The van der Waals surface area contributed by atoms with Gasteiger partial charge in [-0.2, -0.15) is 0 Å². The van der Waals surface area contributed by atoms with Crippen LogP contribution < -0.4 is 0 Å². The van der Waals surface area contributed by atoms with Crippen LogP contribution in [0.25, 0.3) is 21.5 Å². The zero-order valence-corrected chi connectivity index (χ0v) is 10.1. The summed E-state index contributed by atoms with van der Waals surface area (Å²) in [5, 5.41) is 5.31. The number of hydrogen-bond acceptors (Lipinski definition) is 1. The molecule has 3 aromatic rings. The van der Waals surface area contributed by atoms with Gasteiger partial charge in [0.05, 0.1) is 5.69 Å². The second kappa shape index (κ2) is 3.67. The number of hydrogen-bond donors (Lipinski definition) is 0. The van der Waals surface area contributed by atoms with Crippen molar-refractivity contribution < 1.29 is 0 Å².